The quantitative estimate of drug-likeness (QED) is 0.671. The fraction of sp³-hybridized carbons (Fsp3) is 1.00. The highest BCUT2D eigenvalue weighted by atomic mass is 32.2. The summed E-state index contributed by atoms with van der Waals surface area (Å²) in [4.78, 5) is 0. The highest BCUT2D eigenvalue weighted by molar-refractivity contribution is 8.00. The molecule has 0 nitrogen and oxygen atoms in total. The van der Waals surface area contributed by atoms with Crippen molar-refractivity contribution < 1.29 is 0 Å². The van der Waals surface area contributed by atoms with Gasteiger partial charge in [0.2, 0.25) is 0 Å². The van der Waals surface area contributed by atoms with Gasteiger partial charge in [0.1, 0.15) is 0 Å². The van der Waals surface area contributed by atoms with E-state index in [1.807, 2.05) is 0 Å². The molecule has 12 heavy (non-hydrogen) atoms. The Balaban J connectivity index is 2.09. The Labute approximate surface area is 84.3 Å². The molecule has 0 atom stereocenters. The van der Waals surface area contributed by atoms with Crippen LogP contribution >= 0.6 is 23.5 Å². The van der Waals surface area contributed by atoms with E-state index in [4.69, 9.17) is 0 Å². The highest BCUT2D eigenvalue weighted by Gasteiger charge is 2.47. The zero-order valence-electron chi connectivity index (χ0n) is 8.06. The summed E-state index contributed by atoms with van der Waals surface area (Å²) >= 11 is 4.26. The van der Waals surface area contributed by atoms with Crippen molar-refractivity contribution in [3.63, 3.8) is 0 Å². The summed E-state index contributed by atoms with van der Waals surface area (Å²) in [6.07, 6.45) is 13.5. The molecule has 0 aromatic heterocycles. The van der Waals surface area contributed by atoms with Crippen molar-refractivity contribution in [3.05, 3.63) is 0 Å². The van der Waals surface area contributed by atoms with Crippen LogP contribution in [0.15, 0.2) is 0 Å². The minimum Gasteiger partial charge on any atom is -0.159 e. The average molecular weight is 202 g/mol. The van der Waals surface area contributed by atoms with Gasteiger partial charge in [-0.1, -0.05) is 0 Å². The van der Waals surface area contributed by atoms with E-state index in [9.17, 15) is 0 Å². The second-order valence-corrected chi connectivity index (χ2v) is 6.82. The number of hydrogen-bond donors (Lipinski definition) is 0. The Morgan fingerprint density at radius 1 is 0.667 bits per heavy atom. The molecule has 0 amide bonds. The fourth-order valence-electron chi connectivity index (χ4n) is 2.73. The minimum absolute atomic E-state index is 0.706. The standard InChI is InChI=1S/C10H18S2/c1-11-9-3-6-10(12-2,7-4-9)8-5-9/h3-8H2,1-2H3. The molecule has 0 aliphatic heterocycles. The van der Waals surface area contributed by atoms with Crippen molar-refractivity contribution in [2.24, 2.45) is 0 Å². The van der Waals surface area contributed by atoms with Crippen LogP contribution in [0, 0.1) is 0 Å². The zero-order chi connectivity index (χ0) is 8.66. The van der Waals surface area contributed by atoms with Crippen LogP contribution < -0.4 is 0 Å². The van der Waals surface area contributed by atoms with Crippen LogP contribution in [0.5, 0.6) is 0 Å². The summed E-state index contributed by atoms with van der Waals surface area (Å²) in [6, 6.07) is 0. The van der Waals surface area contributed by atoms with Crippen molar-refractivity contribution in [1.29, 1.82) is 0 Å². The van der Waals surface area contributed by atoms with Crippen LogP contribution in [0.2, 0.25) is 0 Å². The molecule has 0 aromatic carbocycles. The normalized spacial score (nSPS) is 46.5. The SMILES string of the molecule is CSC12CCC(SC)(CC1)CC2. The molecule has 0 aromatic rings. The Bertz CT molecular complexity index is 132. The van der Waals surface area contributed by atoms with E-state index in [1.165, 1.54) is 38.5 Å². The molecule has 0 spiro atoms. The third-order valence-electron chi connectivity index (χ3n) is 3.97. The van der Waals surface area contributed by atoms with E-state index < -0.39 is 0 Å². The van der Waals surface area contributed by atoms with Gasteiger partial charge in [0.15, 0.2) is 0 Å². The van der Waals surface area contributed by atoms with Crippen molar-refractivity contribution in [2.45, 2.75) is 48.0 Å². The molecule has 2 heteroatoms. The largest absolute Gasteiger partial charge is 0.159 e. The van der Waals surface area contributed by atoms with Gasteiger partial charge in [-0.2, -0.15) is 23.5 Å². The van der Waals surface area contributed by atoms with Gasteiger partial charge < -0.3 is 0 Å². The van der Waals surface area contributed by atoms with E-state index in [0.29, 0.717) is 9.49 Å². The topological polar surface area (TPSA) is 0 Å². The van der Waals surface area contributed by atoms with Gasteiger partial charge >= 0.3 is 0 Å². The maximum Gasteiger partial charge on any atom is 0.0158 e. The lowest BCUT2D eigenvalue weighted by Crippen LogP contribution is -2.45. The van der Waals surface area contributed by atoms with Gasteiger partial charge in [0.25, 0.3) is 0 Å². The molecule has 3 fully saturated rings. The van der Waals surface area contributed by atoms with Gasteiger partial charge in [-0.3, -0.25) is 0 Å². The predicted molar refractivity (Wildman–Crippen MR) is 60.2 cm³/mol. The van der Waals surface area contributed by atoms with E-state index in [0.717, 1.165) is 0 Å². The number of fused-ring (bicyclic) bond motifs is 3. The van der Waals surface area contributed by atoms with Gasteiger partial charge in [-0.15, -0.1) is 0 Å². The molecule has 0 N–H and O–H groups in total. The van der Waals surface area contributed by atoms with Crippen molar-refractivity contribution in [3.8, 4) is 0 Å². The number of thioether (sulfide) groups is 2. The van der Waals surface area contributed by atoms with Crippen LogP contribution in [-0.4, -0.2) is 22.0 Å². The molecule has 70 valence electrons. The molecular weight excluding hydrogens is 184 g/mol. The predicted octanol–water partition coefficient (Wildman–Crippen LogP) is 3.56. The molecule has 3 rings (SSSR count). The fourth-order valence-corrected chi connectivity index (χ4v) is 4.57. The summed E-state index contributed by atoms with van der Waals surface area (Å²) < 4.78 is 1.41. The average Bonchev–Trinajstić information content (AvgIpc) is 2.21. The summed E-state index contributed by atoms with van der Waals surface area (Å²) in [5.74, 6) is 0. The monoisotopic (exact) mass is 202 g/mol. The molecule has 3 saturated carbocycles. The Kier molecular flexibility index (Phi) is 2.41. The first-order chi connectivity index (χ1) is 5.74. The Morgan fingerprint density at radius 2 is 0.917 bits per heavy atom. The summed E-state index contributed by atoms with van der Waals surface area (Å²) in [5, 5.41) is 0. The van der Waals surface area contributed by atoms with Gasteiger partial charge in [0.05, 0.1) is 0 Å². The first-order valence-electron chi connectivity index (χ1n) is 4.85. The Morgan fingerprint density at radius 3 is 1.08 bits per heavy atom. The van der Waals surface area contributed by atoms with Gasteiger partial charge in [-0.25, -0.2) is 0 Å². The van der Waals surface area contributed by atoms with Crippen molar-refractivity contribution >= 4 is 23.5 Å². The zero-order valence-corrected chi connectivity index (χ0v) is 9.69. The minimum atomic E-state index is 0.706. The van der Waals surface area contributed by atoms with Crippen LogP contribution in [0.25, 0.3) is 0 Å². The van der Waals surface area contributed by atoms with Gasteiger partial charge in [-0.05, 0) is 51.0 Å². The summed E-state index contributed by atoms with van der Waals surface area (Å²) in [7, 11) is 0. The number of hydrogen-bond acceptors (Lipinski definition) is 2. The first-order valence-corrected chi connectivity index (χ1v) is 7.30. The van der Waals surface area contributed by atoms with Crippen LogP contribution in [0.4, 0.5) is 0 Å². The van der Waals surface area contributed by atoms with Crippen molar-refractivity contribution in [1.82, 2.24) is 0 Å². The van der Waals surface area contributed by atoms with Crippen LogP contribution in [0.1, 0.15) is 38.5 Å². The summed E-state index contributed by atoms with van der Waals surface area (Å²) in [5.41, 5.74) is 0. The summed E-state index contributed by atoms with van der Waals surface area (Å²) in [6.45, 7) is 0. The molecule has 0 unspecified atom stereocenters. The third-order valence-corrected chi connectivity index (χ3v) is 6.93. The maximum absolute atomic E-state index is 2.30. The molecule has 0 heterocycles. The molecule has 0 radical (unpaired) electrons. The number of rotatable bonds is 2. The first kappa shape index (κ1) is 9.26. The molecule has 3 aliphatic rings. The molecular formula is C10H18S2. The third kappa shape index (κ3) is 1.31. The highest BCUT2D eigenvalue weighted by Crippen LogP contribution is 2.57. The van der Waals surface area contributed by atoms with E-state index >= 15 is 0 Å². The van der Waals surface area contributed by atoms with E-state index in [-0.39, 0.29) is 0 Å². The molecule has 3 aliphatic carbocycles. The van der Waals surface area contributed by atoms with Crippen molar-refractivity contribution in [2.75, 3.05) is 12.5 Å². The molecule has 2 bridgehead atoms. The second-order valence-electron chi connectivity index (χ2n) is 4.27. The second kappa shape index (κ2) is 3.13. The van der Waals surface area contributed by atoms with Gasteiger partial charge in [0, 0.05) is 9.49 Å². The van der Waals surface area contributed by atoms with E-state index in [1.54, 1.807) is 0 Å². The lowest BCUT2D eigenvalue weighted by Gasteiger charge is -2.52. The molecule has 0 saturated heterocycles. The van der Waals surface area contributed by atoms with E-state index in [2.05, 4.69) is 36.0 Å². The lowest BCUT2D eigenvalue weighted by atomic mass is 9.69. The van der Waals surface area contributed by atoms with Crippen LogP contribution in [-0.2, 0) is 0 Å². The smallest absolute Gasteiger partial charge is 0.0158 e. The maximum atomic E-state index is 2.30. The lowest BCUT2D eigenvalue weighted by molar-refractivity contribution is 0.232. The Hall–Kier alpha value is 0.700. The van der Waals surface area contributed by atoms with Crippen LogP contribution in [0.3, 0.4) is 0 Å².